The van der Waals surface area contributed by atoms with Crippen LogP contribution in [0.2, 0.25) is 0 Å². The van der Waals surface area contributed by atoms with E-state index in [-0.39, 0.29) is 5.56 Å². The molecule has 0 saturated carbocycles. The minimum atomic E-state index is -0.958. The average molecular weight is 544 g/mol. The van der Waals surface area contributed by atoms with Gasteiger partial charge in [-0.25, -0.2) is 14.8 Å². The number of aromatic carboxylic acids is 1. The Balaban J connectivity index is 1.24. The molecule has 11 nitrogen and oxygen atoms in total. The molecule has 0 bridgehead atoms. The first-order chi connectivity index (χ1) is 19.6. The number of aromatic nitrogens is 4. The second-order valence-electron chi connectivity index (χ2n) is 9.99. The van der Waals surface area contributed by atoms with E-state index < -0.39 is 5.97 Å². The molecular weight excluding hydrogens is 510 g/mol. The molecule has 2 saturated heterocycles. The first-order valence-electron chi connectivity index (χ1n) is 13.7. The molecule has 0 spiro atoms. The Labute approximate surface area is 232 Å². The number of rotatable bonds is 9. The van der Waals surface area contributed by atoms with Gasteiger partial charge in [-0.1, -0.05) is 6.07 Å². The van der Waals surface area contributed by atoms with Gasteiger partial charge in [0.05, 0.1) is 55.0 Å². The highest BCUT2D eigenvalue weighted by molar-refractivity contribution is 5.88. The molecule has 0 amide bonds. The second-order valence-corrected chi connectivity index (χ2v) is 9.99. The van der Waals surface area contributed by atoms with Crippen molar-refractivity contribution in [1.82, 2.24) is 24.4 Å². The van der Waals surface area contributed by atoms with Crippen molar-refractivity contribution < 1.29 is 19.4 Å². The van der Waals surface area contributed by atoms with Crippen molar-refractivity contribution in [1.29, 1.82) is 0 Å². The summed E-state index contributed by atoms with van der Waals surface area (Å²) in [6.45, 7) is 8.30. The fraction of sp³-hybridized carbons (Fsp3) is 0.379. The number of aryl methyl sites for hydroxylation is 1. The summed E-state index contributed by atoms with van der Waals surface area (Å²) in [7, 11) is 0. The highest BCUT2D eigenvalue weighted by atomic mass is 16.5. The number of hydrogen-bond acceptors (Lipinski definition) is 9. The molecule has 6 rings (SSSR count). The zero-order valence-corrected chi connectivity index (χ0v) is 22.3. The lowest BCUT2D eigenvalue weighted by Crippen LogP contribution is -2.37. The Kier molecular flexibility index (Phi) is 7.85. The lowest BCUT2D eigenvalue weighted by Gasteiger charge is -2.27. The van der Waals surface area contributed by atoms with E-state index in [0.717, 1.165) is 73.8 Å². The summed E-state index contributed by atoms with van der Waals surface area (Å²) in [5, 5.41) is 12.5. The summed E-state index contributed by atoms with van der Waals surface area (Å²) < 4.78 is 13.2. The molecule has 2 aliphatic rings. The molecule has 208 valence electrons. The third-order valence-electron chi connectivity index (χ3n) is 7.31. The molecule has 0 atom stereocenters. The average Bonchev–Trinajstić information content (AvgIpc) is 3.40. The third-order valence-corrected chi connectivity index (χ3v) is 7.31. The van der Waals surface area contributed by atoms with Gasteiger partial charge in [0.25, 0.3) is 0 Å². The van der Waals surface area contributed by atoms with Crippen molar-refractivity contribution in [2.75, 3.05) is 69.4 Å². The van der Waals surface area contributed by atoms with Gasteiger partial charge in [-0.2, -0.15) is 4.98 Å². The first kappa shape index (κ1) is 26.2. The number of ether oxygens (including phenoxy) is 2. The number of anilines is 3. The second kappa shape index (κ2) is 12.0. The lowest BCUT2D eigenvalue weighted by molar-refractivity contribution is 0.0369. The number of benzene rings is 2. The van der Waals surface area contributed by atoms with Crippen LogP contribution < -0.4 is 10.2 Å². The number of carboxylic acid groups (broad SMARTS) is 1. The minimum absolute atomic E-state index is 0.233. The van der Waals surface area contributed by atoms with Crippen molar-refractivity contribution in [2.24, 2.45) is 0 Å². The van der Waals surface area contributed by atoms with Crippen LogP contribution in [0, 0.1) is 0 Å². The molecule has 2 aromatic carbocycles. The van der Waals surface area contributed by atoms with E-state index in [4.69, 9.17) is 24.4 Å². The quantitative estimate of drug-likeness (QED) is 0.325. The highest BCUT2D eigenvalue weighted by Gasteiger charge is 2.18. The molecule has 2 aliphatic heterocycles. The van der Waals surface area contributed by atoms with Crippen LogP contribution in [0.3, 0.4) is 0 Å². The molecule has 2 N–H and O–H groups in total. The van der Waals surface area contributed by atoms with Crippen molar-refractivity contribution >= 4 is 34.5 Å². The SMILES string of the molecule is O=C(O)c1ccc(Nc2cc(-c3ccc4c(c3)ncn4CCCN3CCOCC3)nc(N3CCOCC3)n2)cc1. The van der Waals surface area contributed by atoms with Crippen molar-refractivity contribution in [2.45, 2.75) is 13.0 Å². The lowest BCUT2D eigenvalue weighted by atomic mass is 10.1. The molecule has 11 heteroatoms. The number of morpholine rings is 2. The Morgan fingerprint density at radius 2 is 1.65 bits per heavy atom. The number of imidazole rings is 1. The Bertz CT molecular complexity index is 1460. The summed E-state index contributed by atoms with van der Waals surface area (Å²) >= 11 is 0. The van der Waals surface area contributed by atoms with E-state index in [1.165, 1.54) is 0 Å². The zero-order chi connectivity index (χ0) is 27.3. The van der Waals surface area contributed by atoms with Crippen molar-refractivity contribution in [3.63, 3.8) is 0 Å². The van der Waals surface area contributed by atoms with Gasteiger partial charge in [-0.15, -0.1) is 0 Å². The number of carboxylic acids is 1. The topological polar surface area (TPSA) is 118 Å². The molecule has 4 aromatic rings. The predicted octanol–water partition coefficient (Wildman–Crippen LogP) is 3.49. The molecule has 0 aliphatic carbocycles. The minimum Gasteiger partial charge on any atom is -0.478 e. The summed E-state index contributed by atoms with van der Waals surface area (Å²) in [6.07, 6.45) is 2.98. The highest BCUT2D eigenvalue weighted by Crippen LogP contribution is 2.28. The van der Waals surface area contributed by atoms with Crippen LogP contribution in [0.5, 0.6) is 0 Å². The summed E-state index contributed by atoms with van der Waals surface area (Å²) in [6, 6.07) is 14.8. The van der Waals surface area contributed by atoms with Gasteiger partial charge >= 0.3 is 5.97 Å². The molecule has 0 radical (unpaired) electrons. The molecular formula is C29H33N7O4. The van der Waals surface area contributed by atoms with Crippen LogP contribution in [-0.2, 0) is 16.0 Å². The molecule has 2 fully saturated rings. The third kappa shape index (κ3) is 6.06. The monoisotopic (exact) mass is 543 g/mol. The summed E-state index contributed by atoms with van der Waals surface area (Å²) in [4.78, 5) is 30.2. The van der Waals surface area contributed by atoms with Gasteiger partial charge in [-0.05, 0) is 42.8 Å². The van der Waals surface area contributed by atoms with E-state index >= 15 is 0 Å². The van der Waals surface area contributed by atoms with Crippen molar-refractivity contribution in [3.8, 4) is 11.3 Å². The first-order valence-corrected chi connectivity index (χ1v) is 13.7. The molecule has 2 aromatic heterocycles. The smallest absolute Gasteiger partial charge is 0.335 e. The van der Waals surface area contributed by atoms with E-state index in [0.29, 0.717) is 38.1 Å². The number of nitrogens with zero attached hydrogens (tertiary/aromatic N) is 6. The number of hydrogen-bond donors (Lipinski definition) is 2. The van der Waals surface area contributed by atoms with E-state index in [1.54, 1.807) is 24.3 Å². The summed E-state index contributed by atoms with van der Waals surface area (Å²) in [5.74, 6) is 0.294. The van der Waals surface area contributed by atoms with Gasteiger partial charge in [0.2, 0.25) is 5.95 Å². The molecule has 0 unspecified atom stereocenters. The molecule has 4 heterocycles. The normalized spacial score (nSPS) is 16.4. The fourth-order valence-electron chi connectivity index (χ4n) is 5.09. The number of nitrogens with one attached hydrogen (secondary N) is 1. The van der Waals surface area contributed by atoms with E-state index in [9.17, 15) is 9.90 Å². The van der Waals surface area contributed by atoms with Gasteiger partial charge in [-0.3, -0.25) is 4.90 Å². The zero-order valence-electron chi connectivity index (χ0n) is 22.3. The summed E-state index contributed by atoms with van der Waals surface area (Å²) in [5.41, 5.74) is 4.74. The Hall–Kier alpha value is -4.06. The van der Waals surface area contributed by atoms with Gasteiger partial charge in [0, 0.05) is 56.6 Å². The predicted molar refractivity (Wildman–Crippen MR) is 152 cm³/mol. The number of carbonyl (C=O) groups is 1. The van der Waals surface area contributed by atoms with Crippen LogP contribution in [-0.4, -0.2) is 94.6 Å². The largest absolute Gasteiger partial charge is 0.478 e. The fourth-order valence-corrected chi connectivity index (χ4v) is 5.09. The van der Waals surface area contributed by atoms with Crippen LogP contribution in [0.25, 0.3) is 22.3 Å². The Morgan fingerprint density at radius 1 is 0.900 bits per heavy atom. The van der Waals surface area contributed by atoms with Crippen molar-refractivity contribution in [3.05, 3.63) is 60.4 Å². The maximum absolute atomic E-state index is 11.2. The van der Waals surface area contributed by atoms with Crippen LogP contribution in [0.15, 0.2) is 54.9 Å². The van der Waals surface area contributed by atoms with Crippen LogP contribution in [0.1, 0.15) is 16.8 Å². The van der Waals surface area contributed by atoms with E-state index in [2.05, 4.69) is 37.9 Å². The number of fused-ring (bicyclic) bond motifs is 1. The molecule has 40 heavy (non-hydrogen) atoms. The van der Waals surface area contributed by atoms with Gasteiger partial charge in [0.15, 0.2) is 0 Å². The standard InChI is InChI=1S/C29H33N7O4/c37-28(38)21-2-5-23(6-3-21)31-27-19-24(32-29(33-27)35-12-16-40-17-13-35)22-4-7-26-25(18-22)30-20-36(26)9-1-8-34-10-14-39-15-11-34/h2-7,18-20H,1,8-17H2,(H,37,38)(H,31,32,33). The Morgan fingerprint density at radius 3 is 2.40 bits per heavy atom. The van der Waals surface area contributed by atoms with Crippen LogP contribution >= 0.6 is 0 Å². The van der Waals surface area contributed by atoms with Gasteiger partial charge < -0.3 is 29.4 Å². The van der Waals surface area contributed by atoms with Crippen LogP contribution in [0.4, 0.5) is 17.5 Å². The van der Waals surface area contributed by atoms with Gasteiger partial charge in [0.1, 0.15) is 5.82 Å². The maximum atomic E-state index is 11.2. The maximum Gasteiger partial charge on any atom is 0.335 e. The van der Waals surface area contributed by atoms with E-state index in [1.807, 2.05) is 12.4 Å².